The molecule has 110 valence electrons. The molecular formula is C16H17NO4. The van der Waals surface area contributed by atoms with Crippen LogP contribution in [0.15, 0.2) is 36.5 Å². The summed E-state index contributed by atoms with van der Waals surface area (Å²) in [6, 6.07) is 9.01. The maximum Gasteiger partial charge on any atom is 0.219 e. The first-order chi connectivity index (χ1) is 10.3. The van der Waals surface area contributed by atoms with E-state index in [1.165, 1.54) is 7.11 Å². The monoisotopic (exact) mass is 287 g/mol. The van der Waals surface area contributed by atoms with E-state index in [0.29, 0.717) is 41.7 Å². The highest BCUT2D eigenvalue weighted by atomic mass is 16.5. The third-order valence-electron chi connectivity index (χ3n) is 3.38. The second-order valence-electron chi connectivity index (χ2n) is 4.76. The maximum atomic E-state index is 10.6. The molecule has 0 spiro atoms. The Morgan fingerprint density at radius 1 is 1.19 bits per heavy atom. The van der Waals surface area contributed by atoms with Gasteiger partial charge in [0.1, 0.15) is 6.10 Å². The molecule has 3 rings (SSSR count). The van der Waals surface area contributed by atoms with Crippen LogP contribution >= 0.6 is 0 Å². The number of aliphatic hydroxyl groups excluding tert-OH is 1. The van der Waals surface area contributed by atoms with Crippen LogP contribution in [0.5, 0.6) is 17.4 Å². The first-order valence-electron chi connectivity index (χ1n) is 6.86. The Balaban J connectivity index is 1.94. The van der Waals surface area contributed by atoms with E-state index in [1.54, 1.807) is 24.4 Å². The highest BCUT2D eigenvalue weighted by Gasteiger charge is 2.19. The van der Waals surface area contributed by atoms with Crippen molar-refractivity contribution in [2.45, 2.75) is 12.5 Å². The molecule has 0 radical (unpaired) electrons. The summed E-state index contributed by atoms with van der Waals surface area (Å²) in [6.07, 6.45) is 1.65. The lowest BCUT2D eigenvalue weighted by Crippen LogP contribution is -2.04. The minimum Gasteiger partial charge on any atom is -0.490 e. The van der Waals surface area contributed by atoms with Crippen molar-refractivity contribution in [3.05, 3.63) is 47.7 Å². The van der Waals surface area contributed by atoms with E-state index in [-0.39, 0.29) is 0 Å². The Morgan fingerprint density at radius 3 is 2.81 bits per heavy atom. The van der Waals surface area contributed by atoms with Crippen molar-refractivity contribution in [3.63, 3.8) is 0 Å². The largest absolute Gasteiger partial charge is 0.490 e. The summed E-state index contributed by atoms with van der Waals surface area (Å²) in [5, 5.41) is 10.6. The van der Waals surface area contributed by atoms with Crippen molar-refractivity contribution in [1.82, 2.24) is 4.98 Å². The van der Waals surface area contributed by atoms with E-state index < -0.39 is 6.10 Å². The number of pyridine rings is 1. The average Bonchev–Trinajstić information content (AvgIpc) is 2.78. The summed E-state index contributed by atoms with van der Waals surface area (Å²) in [5.41, 5.74) is 1.33. The fourth-order valence-electron chi connectivity index (χ4n) is 2.31. The lowest BCUT2D eigenvalue weighted by atomic mass is 10.0. The molecule has 1 aliphatic rings. The van der Waals surface area contributed by atoms with Crippen LogP contribution in [-0.4, -0.2) is 30.4 Å². The SMILES string of the molecule is COc1ncccc1C(O)c1ccc2c(c1)OCCCO2. The summed E-state index contributed by atoms with van der Waals surface area (Å²) in [5.74, 6) is 1.78. The van der Waals surface area contributed by atoms with Gasteiger partial charge in [-0.3, -0.25) is 0 Å². The molecule has 1 unspecified atom stereocenters. The molecule has 1 aromatic carbocycles. The van der Waals surface area contributed by atoms with E-state index in [1.807, 2.05) is 12.1 Å². The zero-order chi connectivity index (χ0) is 14.7. The van der Waals surface area contributed by atoms with Crippen LogP contribution in [0, 0.1) is 0 Å². The van der Waals surface area contributed by atoms with Crippen LogP contribution in [0.1, 0.15) is 23.7 Å². The van der Waals surface area contributed by atoms with Crippen LogP contribution in [-0.2, 0) is 0 Å². The van der Waals surface area contributed by atoms with Gasteiger partial charge in [-0.2, -0.15) is 0 Å². The molecule has 0 aliphatic carbocycles. The van der Waals surface area contributed by atoms with E-state index in [9.17, 15) is 5.11 Å². The Labute approximate surface area is 123 Å². The van der Waals surface area contributed by atoms with Crippen molar-refractivity contribution in [3.8, 4) is 17.4 Å². The van der Waals surface area contributed by atoms with Gasteiger partial charge >= 0.3 is 0 Å². The van der Waals surface area contributed by atoms with Crippen molar-refractivity contribution in [2.75, 3.05) is 20.3 Å². The van der Waals surface area contributed by atoms with Gasteiger partial charge < -0.3 is 19.3 Å². The summed E-state index contributed by atoms with van der Waals surface area (Å²) in [6.45, 7) is 1.26. The lowest BCUT2D eigenvalue weighted by molar-refractivity contribution is 0.212. The number of nitrogens with zero attached hydrogens (tertiary/aromatic N) is 1. The molecule has 1 atom stereocenters. The van der Waals surface area contributed by atoms with Gasteiger partial charge in [0.15, 0.2) is 11.5 Å². The number of benzene rings is 1. The summed E-state index contributed by atoms with van der Waals surface area (Å²) < 4.78 is 16.4. The number of aromatic nitrogens is 1. The molecule has 5 nitrogen and oxygen atoms in total. The number of fused-ring (bicyclic) bond motifs is 1. The highest BCUT2D eigenvalue weighted by molar-refractivity contribution is 5.46. The Morgan fingerprint density at radius 2 is 2.00 bits per heavy atom. The molecule has 21 heavy (non-hydrogen) atoms. The third-order valence-corrected chi connectivity index (χ3v) is 3.38. The molecule has 0 bridgehead atoms. The predicted octanol–water partition coefficient (Wildman–Crippen LogP) is 2.33. The van der Waals surface area contributed by atoms with Gasteiger partial charge in [0.25, 0.3) is 0 Å². The van der Waals surface area contributed by atoms with Crippen LogP contribution < -0.4 is 14.2 Å². The quantitative estimate of drug-likeness (QED) is 0.939. The summed E-state index contributed by atoms with van der Waals surface area (Å²) in [4.78, 5) is 4.11. The van der Waals surface area contributed by atoms with Gasteiger partial charge in [0.05, 0.1) is 20.3 Å². The molecule has 1 N–H and O–H groups in total. The topological polar surface area (TPSA) is 60.8 Å². The molecule has 0 saturated carbocycles. The third kappa shape index (κ3) is 2.78. The van der Waals surface area contributed by atoms with Crippen LogP contribution in [0.25, 0.3) is 0 Å². The molecule has 2 heterocycles. The smallest absolute Gasteiger partial charge is 0.219 e. The first kappa shape index (κ1) is 13.7. The second kappa shape index (κ2) is 6.01. The molecule has 1 aromatic heterocycles. The van der Waals surface area contributed by atoms with Crippen molar-refractivity contribution in [2.24, 2.45) is 0 Å². The van der Waals surface area contributed by atoms with Crippen molar-refractivity contribution >= 4 is 0 Å². The van der Waals surface area contributed by atoms with Gasteiger partial charge in [-0.15, -0.1) is 0 Å². The van der Waals surface area contributed by atoms with E-state index in [4.69, 9.17) is 14.2 Å². The maximum absolute atomic E-state index is 10.6. The molecular weight excluding hydrogens is 270 g/mol. The van der Waals surface area contributed by atoms with Crippen LogP contribution in [0.2, 0.25) is 0 Å². The number of ether oxygens (including phenoxy) is 3. The zero-order valence-electron chi connectivity index (χ0n) is 11.8. The molecule has 0 fully saturated rings. The number of hydrogen-bond donors (Lipinski definition) is 1. The number of methoxy groups -OCH3 is 1. The fraction of sp³-hybridized carbons (Fsp3) is 0.312. The molecule has 1 aliphatic heterocycles. The van der Waals surface area contributed by atoms with Gasteiger partial charge in [0.2, 0.25) is 5.88 Å². The molecule has 0 saturated heterocycles. The van der Waals surface area contributed by atoms with Crippen LogP contribution in [0.4, 0.5) is 0 Å². The number of rotatable bonds is 3. The Bertz CT molecular complexity index is 629. The van der Waals surface area contributed by atoms with E-state index in [2.05, 4.69) is 4.98 Å². The number of hydrogen-bond acceptors (Lipinski definition) is 5. The highest BCUT2D eigenvalue weighted by Crippen LogP contribution is 2.35. The predicted molar refractivity (Wildman–Crippen MR) is 76.9 cm³/mol. The minimum atomic E-state index is -0.828. The first-order valence-corrected chi connectivity index (χ1v) is 6.86. The van der Waals surface area contributed by atoms with Crippen LogP contribution in [0.3, 0.4) is 0 Å². The van der Waals surface area contributed by atoms with Gasteiger partial charge in [-0.1, -0.05) is 6.07 Å². The van der Waals surface area contributed by atoms with Gasteiger partial charge in [0, 0.05) is 18.2 Å². The standard InChI is InChI=1S/C16H17NO4/c1-19-16-12(4-2-7-17-16)15(18)11-5-6-13-14(10-11)21-9-3-8-20-13/h2,4-7,10,15,18H,3,8-9H2,1H3. The fourth-order valence-corrected chi connectivity index (χ4v) is 2.31. The van der Waals surface area contributed by atoms with E-state index >= 15 is 0 Å². The van der Waals surface area contributed by atoms with E-state index in [0.717, 1.165) is 6.42 Å². The molecule has 5 heteroatoms. The molecule has 2 aromatic rings. The van der Waals surface area contributed by atoms with Gasteiger partial charge in [-0.25, -0.2) is 4.98 Å². The lowest BCUT2D eigenvalue weighted by Gasteiger charge is -2.16. The molecule has 0 amide bonds. The summed E-state index contributed by atoms with van der Waals surface area (Å²) >= 11 is 0. The second-order valence-corrected chi connectivity index (χ2v) is 4.76. The summed E-state index contributed by atoms with van der Waals surface area (Å²) in [7, 11) is 1.53. The van der Waals surface area contributed by atoms with Crippen molar-refractivity contribution in [1.29, 1.82) is 0 Å². The zero-order valence-corrected chi connectivity index (χ0v) is 11.8. The van der Waals surface area contributed by atoms with Crippen molar-refractivity contribution < 1.29 is 19.3 Å². The minimum absolute atomic E-state index is 0.414. The Kier molecular flexibility index (Phi) is 3.92. The average molecular weight is 287 g/mol. The normalized spacial score (nSPS) is 15.1. The Hall–Kier alpha value is -2.27. The van der Waals surface area contributed by atoms with Gasteiger partial charge in [-0.05, 0) is 29.8 Å². The number of aliphatic hydroxyl groups is 1.